The van der Waals surface area contributed by atoms with E-state index in [-0.39, 0.29) is 35.9 Å². The van der Waals surface area contributed by atoms with Gasteiger partial charge in [0.15, 0.2) is 11.6 Å². The minimum Gasteiger partial charge on any atom is -0.402 e. The summed E-state index contributed by atoms with van der Waals surface area (Å²) in [7, 11) is 0. The molecule has 1 amide bonds. The summed E-state index contributed by atoms with van der Waals surface area (Å²) in [5.74, 6) is -1.67. The van der Waals surface area contributed by atoms with Gasteiger partial charge in [0.2, 0.25) is 0 Å². The highest BCUT2D eigenvalue weighted by Crippen LogP contribution is 2.32. The Morgan fingerprint density at radius 3 is 2.30 bits per heavy atom. The van der Waals surface area contributed by atoms with E-state index < -0.39 is 35.8 Å². The Morgan fingerprint density at radius 1 is 1.09 bits per heavy atom. The fraction of sp³-hybridized carbons (Fsp3) is 0.235. The van der Waals surface area contributed by atoms with Crippen LogP contribution in [0.15, 0.2) is 36.9 Å². The highest BCUT2D eigenvalue weighted by molar-refractivity contribution is 7.59. The maximum atomic E-state index is 13.0. The van der Waals surface area contributed by atoms with E-state index in [0.717, 1.165) is 29.5 Å². The van der Waals surface area contributed by atoms with Crippen LogP contribution in [-0.4, -0.2) is 37.0 Å². The van der Waals surface area contributed by atoms with Crippen molar-refractivity contribution in [3.8, 4) is 11.7 Å². The molecule has 3 rings (SSSR count). The molecule has 1 N–H and O–H groups in total. The summed E-state index contributed by atoms with van der Waals surface area (Å²) in [6.45, 7) is 1.45. The summed E-state index contributed by atoms with van der Waals surface area (Å²) in [6.07, 6.45) is -7.04. The van der Waals surface area contributed by atoms with Crippen molar-refractivity contribution in [2.45, 2.75) is 25.5 Å². The Morgan fingerprint density at radius 2 is 1.73 bits per heavy atom. The van der Waals surface area contributed by atoms with Crippen LogP contribution in [0, 0.1) is 0 Å². The first-order chi connectivity index (χ1) is 14.8. The van der Waals surface area contributed by atoms with E-state index in [4.69, 9.17) is 11.6 Å². The Bertz CT molecular complexity index is 1120. The molecule has 0 fully saturated rings. The van der Waals surface area contributed by atoms with Gasteiger partial charge in [-0.15, -0.1) is 13.2 Å². The molecule has 0 unspecified atom stereocenters. The average Bonchev–Trinajstić information content (AvgIpc) is 3.16. The molecule has 0 bridgehead atoms. The molecule has 2 heterocycles. The number of carbonyl (C=O) groups excluding carboxylic acids is 1. The van der Waals surface area contributed by atoms with Gasteiger partial charge >= 0.3 is 12.5 Å². The zero-order valence-electron chi connectivity index (χ0n) is 16.2. The number of hydrogen-bond acceptors (Lipinski definition) is 6. The molecule has 1 atom stereocenters. The molecule has 3 aromatic rings. The monoisotopic (exact) mass is 514 g/mol. The Labute approximate surface area is 193 Å². The quantitative estimate of drug-likeness (QED) is 0.512. The van der Waals surface area contributed by atoms with Crippen molar-refractivity contribution in [1.29, 1.82) is 0 Å². The zero-order valence-corrected chi connectivity index (χ0v) is 18.0. The molecule has 0 spiro atoms. The lowest BCUT2D eigenvalue weighted by Gasteiger charge is -2.15. The van der Waals surface area contributed by atoms with Gasteiger partial charge in [-0.2, -0.15) is 36.4 Å². The maximum absolute atomic E-state index is 13.0. The van der Waals surface area contributed by atoms with Crippen LogP contribution >= 0.6 is 25.1 Å². The van der Waals surface area contributed by atoms with E-state index >= 15 is 0 Å². The van der Waals surface area contributed by atoms with Gasteiger partial charge in [0.1, 0.15) is 6.33 Å². The number of carbonyl (C=O) groups is 1. The predicted molar refractivity (Wildman–Crippen MR) is 106 cm³/mol. The number of ether oxygens (including phenoxy) is 1. The number of amides is 1. The molecule has 0 saturated carbocycles. The molecule has 1 aromatic carbocycles. The van der Waals surface area contributed by atoms with E-state index in [1.165, 1.54) is 6.92 Å². The van der Waals surface area contributed by atoms with Crippen molar-refractivity contribution < 1.29 is 35.9 Å². The lowest BCUT2D eigenvalue weighted by molar-refractivity contribution is -0.274. The van der Waals surface area contributed by atoms with Crippen molar-refractivity contribution >= 4 is 31.0 Å². The van der Waals surface area contributed by atoms with Gasteiger partial charge in [-0.1, -0.05) is 11.6 Å². The molecule has 0 radical (unpaired) electrons. The molecule has 16 heteroatoms. The van der Waals surface area contributed by atoms with Crippen LogP contribution in [0.5, 0.6) is 5.75 Å². The summed E-state index contributed by atoms with van der Waals surface area (Å²) >= 11 is 5.69. The van der Waals surface area contributed by atoms with Crippen LogP contribution < -0.4 is 10.1 Å². The first-order valence-corrected chi connectivity index (χ1v) is 8.88. The SMILES string of the molecule is C[C@H](NC(=O)c1cc(Cl)cc(C(F)(F)F)c1)c1ncnn1-c1ncc(OC(F)(F)F)cn1.S. The Balaban J connectivity index is 0.00000385. The van der Waals surface area contributed by atoms with Crippen molar-refractivity contribution in [3.63, 3.8) is 0 Å². The first kappa shape index (κ1) is 26.2. The summed E-state index contributed by atoms with van der Waals surface area (Å²) in [5, 5.41) is 6.01. The predicted octanol–water partition coefficient (Wildman–Crippen LogP) is 4.23. The lowest BCUT2D eigenvalue weighted by Crippen LogP contribution is -2.29. The van der Waals surface area contributed by atoms with Crippen LogP contribution in [0.2, 0.25) is 5.02 Å². The molecule has 178 valence electrons. The smallest absolute Gasteiger partial charge is 0.402 e. The van der Waals surface area contributed by atoms with E-state index in [9.17, 15) is 31.1 Å². The summed E-state index contributed by atoms with van der Waals surface area (Å²) in [5.41, 5.74) is -1.44. The third kappa shape index (κ3) is 6.71. The second-order valence-electron chi connectivity index (χ2n) is 6.22. The molecule has 33 heavy (non-hydrogen) atoms. The molecule has 0 saturated heterocycles. The molecule has 0 aliphatic heterocycles. The number of alkyl halides is 6. The lowest BCUT2D eigenvalue weighted by atomic mass is 10.1. The van der Waals surface area contributed by atoms with Gasteiger partial charge in [0.05, 0.1) is 24.0 Å². The highest BCUT2D eigenvalue weighted by Gasteiger charge is 2.32. The van der Waals surface area contributed by atoms with E-state index in [0.29, 0.717) is 12.1 Å². The standard InChI is InChI=1S/C17H11ClF6N6O2.H2S/c1-8(29-14(31)9-2-10(16(19,20)21)4-11(18)3-9)13-27-7-28-30(13)15-25-5-12(6-26-15)32-17(22,23)24;/h2-8H,1H3,(H,29,31);1H2/t8-;/m0./s1. The minimum atomic E-state index is -4.92. The number of aromatic nitrogens is 5. The number of benzene rings is 1. The highest BCUT2D eigenvalue weighted by atomic mass is 35.5. The molecule has 8 nitrogen and oxygen atoms in total. The summed E-state index contributed by atoms with van der Waals surface area (Å²) in [6, 6.07) is 1.47. The second-order valence-corrected chi connectivity index (χ2v) is 6.65. The zero-order chi connectivity index (χ0) is 23.7. The fourth-order valence-electron chi connectivity index (χ4n) is 2.53. The Hall–Kier alpha value is -3.07. The third-order valence-electron chi connectivity index (χ3n) is 3.83. The average molecular weight is 515 g/mol. The van der Waals surface area contributed by atoms with E-state index in [1.54, 1.807) is 0 Å². The van der Waals surface area contributed by atoms with Crippen LogP contribution in [0.4, 0.5) is 26.3 Å². The number of nitrogens with zero attached hydrogens (tertiary/aromatic N) is 5. The number of hydrogen-bond donors (Lipinski definition) is 1. The fourth-order valence-corrected chi connectivity index (χ4v) is 2.77. The Kier molecular flexibility index (Phi) is 7.79. The molecule has 2 aromatic heterocycles. The van der Waals surface area contributed by atoms with E-state index in [1.807, 2.05) is 0 Å². The van der Waals surface area contributed by atoms with E-state index in [2.05, 4.69) is 30.1 Å². The van der Waals surface area contributed by atoms with Gasteiger partial charge in [0.25, 0.3) is 11.9 Å². The molecular weight excluding hydrogens is 502 g/mol. The minimum absolute atomic E-state index is 0. The first-order valence-electron chi connectivity index (χ1n) is 8.50. The molecule has 0 aliphatic rings. The molecule has 0 aliphatic carbocycles. The normalized spacial score (nSPS) is 12.6. The van der Waals surface area contributed by atoms with Crippen molar-refractivity contribution in [3.05, 3.63) is 58.9 Å². The van der Waals surface area contributed by atoms with Gasteiger partial charge < -0.3 is 10.1 Å². The van der Waals surface area contributed by atoms with Crippen LogP contribution in [0.3, 0.4) is 0 Å². The topological polar surface area (TPSA) is 94.8 Å². The van der Waals surface area contributed by atoms with Gasteiger partial charge in [-0.25, -0.2) is 15.0 Å². The van der Waals surface area contributed by atoms with Crippen LogP contribution in [0.25, 0.3) is 5.95 Å². The molecular formula is C17H13ClF6N6O2S. The van der Waals surface area contributed by atoms with Gasteiger partial charge in [-0.3, -0.25) is 4.79 Å². The van der Waals surface area contributed by atoms with Crippen molar-refractivity contribution in [2.75, 3.05) is 0 Å². The third-order valence-corrected chi connectivity index (χ3v) is 4.05. The number of nitrogens with one attached hydrogen (secondary N) is 1. The number of halogens is 7. The van der Waals surface area contributed by atoms with Crippen LogP contribution in [-0.2, 0) is 6.18 Å². The largest absolute Gasteiger partial charge is 0.573 e. The van der Waals surface area contributed by atoms with Crippen LogP contribution in [0.1, 0.15) is 34.7 Å². The second kappa shape index (κ2) is 9.82. The summed E-state index contributed by atoms with van der Waals surface area (Å²) in [4.78, 5) is 23.8. The van der Waals surface area contributed by atoms with Gasteiger partial charge in [0, 0.05) is 10.6 Å². The van der Waals surface area contributed by atoms with Gasteiger partial charge in [-0.05, 0) is 25.1 Å². The number of rotatable bonds is 5. The maximum Gasteiger partial charge on any atom is 0.573 e. The summed E-state index contributed by atoms with van der Waals surface area (Å²) < 4.78 is 80.3. The van der Waals surface area contributed by atoms with Crippen molar-refractivity contribution in [2.24, 2.45) is 0 Å². The van der Waals surface area contributed by atoms with Crippen molar-refractivity contribution in [1.82, 2.24) is 30.0 Å².